The zero-order valence-corrected chi connectivity index (χ0v) is 13.0. The largest absolute Gasteiger partial charge is 0.388 e. The zero-order chi connectivity index (χ0) is 14.8. The topological polar surface area (TPSA) is 49.3 Å². The first kappa shape index (κ1) is 15.6. The average molecular weight is 316 g/mol. The van der Waals surface area contributed by atoms with Crippen molar-refractivity contribution in [3.8, 4) is 0 Å². The van der Waals surface area contributed by atoms with Gasteiger partial charge in [0.25, 0.3) is 5.91 Å². The Morgan fingerprint density at radius 2 is 2.10 bits per heavy atom. The maximum Gasteiger partial charge on any atom is 0.254 e. The molecule has 0 aliphatic heterocycles. The molecule has 0 heterocycles. The lowest BCUT2D eigenvalue weighted by molar-refractivity contribution is -0.0109. The molecule has 0 aromatic heterocycles. The molecule has 1 aliphatic rings. The highest BCUT2D eigenvalue weighted by molar-refractivity contribution is 6.39. The van der Waals surface area contributed by atoms with Crippen LogP contribution in [0.2, 0.25) is 10.0 Å². The first-order chi connectivity index (χ1) is 9.41. The third-order valence-electron chi connectivity index (χ3n) is 3.84. The number of rotatable bonds is 3. The van der Waals surface area contributed by atoms with Crippen LogP contribution >= 0.6 is 23.2 Å². The van der Waals surface area contributed by atoms with Crippen LogP contribution in [-0.2, 0) is 0 Å². The van der Waals surface area contributed by atoms with Gasteiger partial charge in [-0.25, -0.2) is 0 Å². The average Bonchev–Trinajstić information content (AvgIpc) is 2.36. The number of amides is 1. The van der Waals surface area contributed by atoms with Crippen LogP contribution in [0.3, 0.4) is 0 Å². The molecule has 5 heteroatoms. The summed E-state index contributed by atoms with van der Waals surface area (Å²) in [6.45, 7) is 2.36. The summed E-state index contributed by atoms with van der Waals surface area (Å²) in [6.07, 6.45) is 3.55. The molecule has 2 atom stereocenters. The predicted octanol–water partition coefficient (Wildman–Crippen LogP) is 3.66. The first-order valence-electron chi connectivity index (χ1n) is 6.86. The summed E-state index contributed by atoms with van der Waals surface area (Å²) < 4.78 is 0. The van der Waals surface area contributed by atoms with Crippen molar-refractivity contribution < 1.29 is 9.90 Å². The highest BCUT2D eigenvalue weighted by Crippen LogP contribution is 2.32. The summed E-state index contributed by atoms with van der Waals surface area (Å²) in [4.78, 5) is 12.2. The van der Waals surface area contributed by atoms with Crippen molar-refractivity contribution in [3.63, 3.8) is 0 Å². The quantitative estimate of drug-likeness (QED) is 0.894. The molecule has 0 radical (unpaired) electrons. The van der Waals surface area contributed by atoms with Gasteiger partial charge in [0.2, 0.25) is 0 Å². The van der Waals surface area contributed by atoms with Crippen molar-refractivity contribution in [2.24, 2.45) is 5.92 Å². The van der Waals surface area contributed by atoms with E-state index in [1.54, 1.807) is 18.2 Å². The molecule has 1 aliphatic carbocycles. The van der Waals surface area contributed by atoms with Crippen molar-refractivity contribution >= 4 is 29.1 Å². The normalized spacial score (nSPS) is 26.3. The van der Waals surface area contributed by atoms with Gasteiger partial charge < -0.3 is 10.4 Å². The minimum atomic E-state index is -0.818. The molecule has 2 rings (SSSR count). The number of carbonyl (C=O) groups is 1. The van der Waals surface area contributed by atoms with Crippen LogP contribution in [0.4, 0.5) is 0 Å². The van der Waals surface area contributed by atoms with Gasteiger partial charge in [0.1, 0.15) is 0 Å². The number of benzene rings is 1. The molecule has 0 saturated heterocycles. The highest BCUT2D eigenvalue weighted by Gasteiger charge is 2.33. The van der Waals surface area contributed by atoms with E-state index in [4.69, 9.17) is 23.2 Å². The minimum absolute atomic E-state index is 0.234. The van der Waals surface area contributed by atoms with Gasteiger partial charge in [0.15, 0.2) is 0 Å². The summed E-state index contributed by atoms with van der Waals surface area (Å²) >= 11 is 12.0. The summed E-state index contributed by atoms with van der Waals surface area (Å²) in [5.41, 5.74) is -0.551. The molecular formula is C15H19Cl2NO2. The van der Waals surface area contributed by atoms with E-state index in [0.717, 1.165) is 12.8 Å². The fourth-order valence-electron chi connectivity index (χ4n) is 2.84. The summed E-state index contributed by atoms with van der Waals surface area (Å²) in [7, 11) is 0. The molecule has 1 fully saturated rings. The van der Waals surface area contributed by atoms with Gasteiger partial charge in [-0.05, 0) is 30.9 Å². The van der Waals surface area contributed by atoms with Crippen LogP contribution in [0, 0.1) is 5.92 Å². The molecule has 1 amide bonds. The van der Waals surface area contributed by atoms with E-state index >= 15 is 0 Å². The van der Waals surface area contributed by atoms with E-state index < -0.39 is 5.60 Å². The fraction of sp³-hybridized carbons (Fsp3) is 0.533. The maximum atomic E-state index is 12.2. The van der Waals surface area contributed by atoms with Crippen molar-refractivity contribution in [1.82, 2.24) is 5.32 Å². The van der Waals surface area contributed by atoms with Crippen LogP contribution < -0.4 is 5.32 Å². The summed E-state index contributed by atoms with van der Waals surface area (Å²) in [5.74, 6) is 0.141. The van der Waals surface area contributed by atoms with E-state index in [9.17, 15) is 9.90 Å². The van der Waals surface area contributed by atoms with E-state index in [-0.39, 0.29) is 18.0 Å². The van der Waals surface area contributed by atoms with Gasteiger partial charge >= 0.3 is 0 Å². The van der Waals surface area contributed by atoms with Crippen molar-refractivity contribution in [3.05, 3.63) is 33.8 Å². The Hall–Kier alpha value is -0.770. The van der Waals surface area contributed by atoms with Crippen LogP contribution in [0.15, 0.2) is 18.2 Å². The number of nitrogens with one attached hydrogen (secondary N) is 1. The predicted molar refractivity (Wildman–Crippen MR) is 81.4 cm³/mol. The van der Waals surface area contributed by atoms with Crippen LogP contribution in [0.25, 0.3) is 0 Å². The lowest BCUT2D eigenvalue weighted by Gasteiger charge is -2.35. The van der Waals surface area contributed by atoms with Gasteiger partial charge in [-0.3, -0.25) is 4.79 Å². The van der Waals surface area contributed by atoms with E-state index in [1.807, 2.05) is 0 Å². The number of carbonyl (C=O) groups excluding carboxylic acids is 1. The van der Waals surface area contributed by atoms with Gasteiger partial charge in [0.05, 0.1) is 21.2 Å². The third-order valence-corrected chi connectivity index (χ3v) is 4.47. The fourth-order valence-corrected chi connectivity index (χ4v) is 3.41. The molecule has 2 unspecified atom stereocenters. The summed E-state index contributed by atoms with van der Waals surface area (Å²) in [5, 5.41) is 13.9. The number of hydrogen-bond donors (Lipinski definition) is 2. The molecule has 1 aromatic carbocycles. The number of aliphatic hydroxyl groups is 1. The van der Waals surface area contributed by atoms with E-state index in [0.29, 0.717) is 28.8 Å². The Morgan fingerprint density at radius 3 is 2.70 bits per heavy atom. The Kier molecular flexibility index (Phi) is 4.95. The lowest BCUT2D eigenvalue weighted by Crippen LogP contribution is -2.45. The highest BCUT2D eigenvalue weighted by atomic mass is 35.5. The van der Waals surface area contributed by atoms with Crippen LogP contribution in [0.5, 0.6) is 0 Å². The maximum absolute atomic E-state index is 12.2. The number of halogens is 2. The molecule has 20 heavy (non-hydrogen) atoms. The molecule has 2 N–H and O–H groups in total. The smallest absolute Gasteiger partial charge is 0.254 e. The Balaban J connectivity index is 2.02. The molecule has 110 valence electrons. The molecule has 0 spiro atoms. The van der Waals surface area contributed by atoms with Crippen molar-refractivity contribution in [2.45, 2.75) is 38.2 Å². The molecule has 1 saturated carbocycles. The zero-order valence-electron chi connectivity index (χ0n) is 11.5. The van der Waals surface area contributed by atoms with Crippen molar-refractivity contribution in [2.75, 3.05) is 6.54 Å². The number of hydrogen-bond acceptors (Lipinski definition) is 2. The Morgan fingerprint density at radius 1 is 1.45 bits per heavy atom. The van der Waals surface area contributed by atoms with Gasteiger partial charge in [-0.2, -0.15) is 0 Å². The lowest BCUT2D eigenvalue weighted by atomic mass is 9.79. The van der Waals surface area contributed by atoms with E-state index in [2.05, 4.69) is 12.2 Å². The first-order valence-corrected chi connectivity index (χ1v) is 7.61. The standard InChI is InChI=1S/C15H19Cl2NO2/c1-10-4-3-7-15(20,8-10)9-18-14(19)13-11(16)5-2-6-12(13)17/h2,5-6,10,20H,3-4,7-9H2,1H3,(H,18,19). The SMILES string of the molecule is CC1CCCC(O)(CNC(=O)c2c(Cl)cccc2Cl)C1. The monoisotopic (exact) mass is 315 g/mol. The second-order valence-electron chi connectivity index (χ2n) is 5.71. The molecule has 1 aromatic rings. The minimum Gasteiger partial charge on any atom is -0.388 e. The second kappa shape index (κ2) is 6.33. The van der Waals surface area contributed by atoms with Crippen LogP contribution in [0.1, 0.15) is 43.0 Å². The third kappa shape index (κ3) is 3.66. The Labute approximate surface area is 129 Å². The molecule has 3 nitrogen and oxygen atoms in total. The Bertz CT molecular complexity index is 486. The van der Waals surface area contributed by atoms with Gasteiger partial charge in [-0.15, -0.1) is 0 Å². The van der Waals surface area contributed by atoms with Crippen molar-refractivity contribution in [1.29, 1.82) is 0 Å². The molecular weight excluding hydrogens is 297 g/mol. The van der Waals surface area contributed by atoms with E-state index in [1.165, 1.54) is 0 Å². The van der Waals surface area contributed by atoms with Gasteiger partial charge in [0, 0.05) is 6.54 Å². The second-order valence-corrected chi connectivity index (χ2v) is 6.52. The molecule has 0 bridgehead atoms. The summed E-state index contributed by atoms with van der Waals surface area (Å²) in [6, 6.07) is 4.94. The van der Waals surface area contributed by atoms with Crippen LogP contribution in [-0.4, -0.2) is 23.2 Å². The van der Waals surface area contributed by atoms with Gasteiger partial charge in [-0.1, -0.05) is 49.0 Å².